The molecule has 1 heterocycles. The molecule has 1 aliphatic rings. The van der Waals surface area contributed by atoms with Crippen LogP contribution in [0, 0.1) is 0 Å². The van der Waals surface area contributed by atoms with E-state index >= 15 is 0 Å². The van der Waals surface area contributed by atoms with E-state index in [9.17, 15) is 14.4 Å². The molecule has 0 aliphatic carbocycles. The Hall–Kier alpha value is -3.35. The minimum absolute atomic E-state index is 0.0321. The third-order valence-electron chi connectivity index (χ3n) is 4.72. The van der Waals surface area contributed by atoms with Crippen molar-refractivity contribution >= 4 is 29.1 Å². The Kier molecular flexibility index (Phi) is 6.95. The first-order chi connectivity index (χ1) is 14.7. The molecule has 0 spiro atoms. The van der Waals surface area contributed by atoms with Crippen molar-refractivity contribution in [2.45, 2.75) is 52.0 Å². The van der Waals surface area contributed by atoms with Gasteiger partial charge in [-0.2, -0.15) is 0 Å². The zero-order chi connectivity index (χ0) is 22.4. The monoisotopic (exact) mass is 423 g/mol. The van der Waals surface area contributed by atoms with E-state index in [1.165, 1.54) is 0 Å². The number of anilines is 2. The summed E-state index contributed by atoms with van der Waals surface area (Å²) in [6.45, 7) is 6.12. The Balaban J connectivity index is 1.48. The van der Waals surface area contributed by atoms with Gasteiger partial charge in [-0.1, -0.05) is 12.1 Å². The number of hydrogen-bond donors (Lipinski definition) is 3. The van der Waals surface area contributed by atoms with E-state index in [1.54, 1.807) is 24.3 Å². The molecule has 164 valence electrons. The molecule has 0 unspecified atom stereocenters. The average molecular weight is 424 g/mol. The van der Waals surface area contributed by atoms with Gasteiger partial charge in [-0.25, -0.2) is 0 Å². The molecule has 2 aromatic rings. The lowest BCUT2D eigenvalue weighted by Crippen LogP contribution is -2.40. The van der Waals surface area contributed by atoms with Crippen molar-refractivity contribution in [3.05, 3.63) is 53.6 Å². The molecule has 0 bridgehead atoms. The molecule has 3 amide bonds. The number of carbonyl (C=O) groups is 3. The SMILES string of the molecule is CC(C)(C)NC(=O)c1ccccc1NC(=O)CCCOc1ccc2c(c1)CCC(=O)N2. The highest BCUT2D eigenvalue weighted by Crippen LogP contribution is 2.27. The first kappa shape index (κ1) is 22.3. The molecule has 1 aliphatic heterocycles. The van der Waals surface area contributed by atoms with Gasteiger partial charge >= 0.3 is 0 Å². The Labute approximate surface area is 182 Å². The zero-order valence-electron chi connectivity index (χ0n) is 18.2. The number of amides is 3. The van der Waals surface area contributed by atoms with Crippen molar-refractivity contribution in [3.63, 3.8) is 0 Å². The van der Waals surface area contributed by atoms with Crippen LogP contribution in [0.3, 0.4) is 0 Å². The van der Waals surface area contributed by atoms with Crippen LogP contribution in [0.1, 0.15) is 56.0 Å². The number of ether oxygens (including phenoxy) is 1. The quantitative estimate of drug-likeness (QED) is 0.589. The average Bonchev–Trinajstić information content (AvgIpc) is 2.70. The van der Waals surface area contributed by atoms with Gasteiger partial charge in [0.15, 0.2) is 0 Å². The number of fused-ring (bicyclic) bond motifs is 1. The molecule has 0 radical (unpaired) electrons. The number of benzene rings is 2. The van der Waals surface area contributed by atoms with Crippen molar-refractivity contribution in [2.24, 2.45) is 0 Å². The highest BCUT2D eigenvalue weighted by molar-refractivity contribution is 6.04. The minimum Gasteiger partial charge on any atom is -0.494 e. The van der Waals surface area contributed by atoms with E-state index in [4.69, 9.17) is 4.74 Å². The summed E-state index contributed by atoms with van der Waals surface area (Å²) in [5, 5.41) is 8.58. The lowest BCUT2D eigenvalue weighted by molar-refractivity contribution is -0.117. The molecule has 0 saturated carbocycles. The topological polar surface area (TPSA) is 96.5 Å². The van der Waals surface area contributed by atoms with Crippen LogP contribution >= 0.6 is 0 Å². The summed E-state index contributed by atoms with van der Waals surface area (Å²) < 4.78 is 5.76. The van der Waals surface area contributed by atoms with Gasteiger partial charge in [0, 0.05) is 24.1 Å². The fourth-order valence-corrected chi connectivity index (χ4v) is 3.28. The van der Waals surface area contributed by atoms with Crippen LogP contribution in [-0.2, 0) is 16.0 Å². The van der Waals surface area contributed by atoms with Gasteiger partial charge in [0.2, 0.25) is 11.8 Å². The summed E-state index contributed by atoms with van der Waals surface area (Å²) >= 11 is 0. The minimum atomic E-state index is -0.367. The Bertz CT molecular complexity index is 979. The van der Waals surface area contributed by atoms with Gasteiger partial charge in [-0.15, -0.1) is 0 Å². The molecule has 0 aromatic heterocycles. The van der Waals surface area contributed by atoms with Crippen LogP contribution in [0.5, 0.6) is 5.75 Å². The predicted molar refractivity (Wildman–Crippen MR) is 120 cm³/mol. The molecule has 3 rings (SSSR count). The van der Waals surface area contributed by atoms with E-state index in [-0.39, 0.29) is 29.7 Å². The molecule has 3 N–H and O–H groups in total. The van der Waals surface area contributed by atoms with Crippen molar-refractivity contribution < 1.29 is 19.1 Å². The number of nitrogens with one attached hydrogen (secondary N) is 3. The molecule has 0 saturated heterocycles. The maximum absolute atomic E-state index is 12.5. The summed E-state index contributed by atoms with van der Waals surface area (Å²) in [6, 6.07) is 12.5. The second-order valence-electron chi connectivity index (χ2n) is 8.62. The van der Waals surface area contributed by atoms with Gasteiger partial charge in [-0.05, 0) is 69.5 Å². The Morgan fingerprint density at radius 2 is 1.87 bits per heavy atom. The van der Waals surface area contributed by atoms with Gasteiger partial charge in [0.25, 0.3) is 5.91 Å². The summed E-state index contributed by atoms with van der Waals surface area (Å²) in [5.41, 5.74) is 2.44. The number of rotatable bonds is 7. The number of para-hydroxylation sites is 1. The summed E-state index contributed by atoms with van der Waals surface area (Å²) in [7, 11) is 0. The number of aryl methyl sites for hydroxylation is 1. The normalized spacial score (nSPS) is 13.1. The molecular weight excluding hydrogens is 394 g/mol. The second-order valence-corrected chi connectivity index (χ2v) is 8.62. The third kappa shape index (κ3) is 6.57. The van der Waals surface area contributed by atoms with Crippen LogP contribution in [0.2, 0.25) is 0 Å². The standard InChI is InChI=1S/C24H29N3O4/c1-24(2,3)27-23(30)18-7-4-5-8-20(18)26-21(28)9-6-14-31-17-11-12-19-16(15-17)10-13-22(29)25-19/h4-5,7-8,11-12,15H,6,9-10,13-14H2,1-3H3,(H,25,29)(H,26,28)(H,27,30). The van der Waals surface area contributed by atoms with Gasteiger partial charge in [0.1, 0.15) is 5.75 Å². The molecule has 0 fully saturated rings. The molecule has 0 atom stereocenters. The van der Waals surface area contributed by atoms with Crippen LogP contribution in [0.25, 0.3) is 0 Å². The summed E-state index contributed by atoms with van der Waals surface area (Å²) in [5.74, 6) is 0.354. The maximum Gasteiger partial charge on any atom is 0.253 e. The third-order valence-corrected chi connectivity index (χ3v) is 4.72. The number of carbonyl (C=O) groups excluding carboxylic acids is 3. The molecule has 7 nitrogen and oxygen atoms in total. The highest BCUT2D eigenvalue weighted by Gasteiger charge is 2.19. The second kappa shape index (κ2) is 9.64. The highest BCUT2D eigenvalue weighted by atomic mass is 16.5. The van der Waals surface area contributed by atoms with E-state index in [0.29, 0.717) is 37.1 Å². The lowest BCUT2D eigenvalue weighted by atomic mass is 10.0. The van der Waals surface area contributed by atoms with E-state index in [2.05, 4.69) is 16.0 Å². The van der Waals surface area contributed by atoms with E-state index in [1.807, 2.05) is 39.0 Å². The van der Waals surface area contributed by atoms with E-state index < -0.39 is 0 Å². The maximum atomic E-state index is 12.5. The van der Waals surface area contributed by atoms with Crippen molar-refractivity contribution in [1.29, 1.82) is 0 Å². The van der Waals surface area contributed by atoms with Crippen LogP contribution in [0.15, 0.2) is 42.5 Å². The first-order valence-electron chi connectivity index (χ1n) is 10.5. The van der Waals surface area contributed by atoms with Crippen LogP contribution in [-0.4, -0.2) is 29.9 Å². The van der Waals surface area contributed by atoms with Gasteiger partial charge in [-0.3, -0.25) is 14.4 Å². The molecule has 7 heteroatoms. The van der Waals surface area contributed by atoms with Crippen LogP contribution in [0.4, 0.5) is 11.4 Å². The first-order valence-corrected chi connectivity index (χ1v) is 10.5. The van der Waals surface area contributed by atoms with Crippen molar-refractivity contribution in [1.82, 2.24) is 5.32 Å². The summed E-state index contributed by atoms with van der Waals surface area (Å²) in [6.07, 6.45) is 1.99. The van der Waals surface area contributed by atoms with Crippen molar-refractivity contribution in [3.8, 4) is 5.75 Å². The lowest BCUT2D eigenvalue weighted by Gasteiger charge is -2.21. The predicted octanol–water partition coefficient (Wildman–Crippen LogP) is 3.90. The largest absolute Gasteiger partial charge is 0.494 e. The molecule has 31 heavy (non-hydrogen) atoms. The fraction of sp³-hybridized carbons (Fsp3) is 0.375. The Morgan fingerprint density at radius 3 is 2.65 bits per heavy atom. The molecule has 2 aromatic carbocycles. The smallest absolute Gasteiger partial charge is 0.253 e. The van der Waals surface area contributed by atoms with Gasteiger partial charge in [0.05, 0.1) is 17.9 Å². The zero-order valence-corrected chi connectivity index (χ0v) is 18.2. The van der Waals surface area contributed by atoms with Crippen molar-refractivity contribution in [2.75, 3.05) is 17.2 Å². The number of hydrogen-bond acceptors (Lipinski definition) is 4. The van der Waals surface area contributed by atoms with E-state index in [0.717, 1.165) is 17.0 Å². The fourth-order valence-electron chi connectivity index (χ4n) is 3.28. The molecular formula is C24H29N3O4. The Morgan fingerprint density at radius 1 is 1.10 bits per heavy atom. The van der Waals surface area contributed by atoms with Crippen LogP contribution < -0.4 is 20.7 Å². The van der Waals surface area contributed by atoms with Gasteiger partial charge < -0.3 is 20.7 Å². The summed E-state index contributed by atoms with van der Waals surface area (Å²) in [4.78, 5) is 36.3.